The number of hydrogen-bond donors (Lipinski definition) is 2. The van der Waals surface area contributed by atoms with E-state index in [1.807, 2.05) is 24.4 Å². The topological polar surface area (TPSA) is 74.4 Å². The summed E-state index contributed by atoms with van der Waals surface area (Å²) in [7, 11) is 1.61. The summed E-state index contributed by atoms with van der Waals surface area (Å²) in [6.07, 6.45) is 3.05. The van der Waals surface area contributed by atoms with Gasteiger partial charge in [-0.2, -0.15) is 0 Å². The normalized spacial score (nSPS) is 17.6. The Hall–Kier alpha value is -2.34. The minimum Gasteiger partial charge on any atom is -0.383 e. The highest BCUT2D eigenvalue weighted by atomic mass is 16.5. The molecular formula is C18H23N3O3. The summed E-state index contributed by atoms with van der Waals surface area (Å²) in [5.41, 5.74) is 2.30. The van der Waals surface area contributed by atoms with Crippen LogP contribution < -0.4 is 5.32 Å². The van der Waals surface area contributed by atoms with Crippen molar-refractivity contribution in [2.45, 2.75) is 12.8 Å². The average molecular weight is 329 g/mol. The lowest BCUT2D eigenvalue weighted by Crippen LogP contribution is -2.34. The van der Waals surface area contributed by atoms with Crippen molar-refractivity contribution < 1.29 is 14.3 Å². The predicted molar refractivity (Wildman–Crippen MR) is 91.6 cm³/mol. The minimum atomic E-state index is -0.252. The Bertz CT molecular complexity index is 725. The fraction of sp³-hybridized carbons (Fsp3) is 0.444. The summed E-state index contributed by atoms with van der Waals surface area (Å²) < 4.78 is 4.99. The molecule has 1 fully saturated rings. The number of hydrogen-bond acceptors (Lipinski definition) is 3. The molecule has 0 aliphatic carbocycles. The Balaban J connectivity index is 1.48. The molecule has 3 rings (SSSR count). The van der Waals surface area contributed by atoms with E-state index < -0.39 is 0 Å². The SMILES string of the molecule is COCCN1CC(C(=O)NCCc2c[nH]c3ccccc23)CC1=O. The third-order valence-corrected chi connectivity index (χ3v) is 4.52. The van der Waals surface area contributed by atoms with Crippen LogP contribution in [0.2, 0.25) is 0 Å². The van der Waals surface area contributed by atoms with Crippen molar-refractivity contribution in [3.63, 3.8) is 0 Å². The number of methoxy groups -OCH3 is 1. The molecule has 1 atom stereocenters. The van der Waals surface area contributed by atoms with Crippen LogP contribution in [-0.4, -0.2) is 55.0 Å². The lowest BCUT2D eigenvalue weighted by molar-refractivity contribution is -0.129. The first-order valence-corrected chi connectivity index (χ1v) is 8.28. The Morgan fingerprint density at radius 1 is 1.42 bits per heavy atom. The zero-order valence-corrected chi connectivity index (χ0v) is 13.9. The molecule has 0 saturated carbocycles. The molecule has 24 heavy (non-hydrogen) atoms. The van der Waals surface area contributed by atoms with Gasteiger partial charge in [-0.3, -0.25) is 9.59 Å². The van der Waals surface area contributed by atoms with Crippen LogP contribution in [0.4, 0.5) is 0 Å². The van der Waals surface area contributed by atoms with E-state index in [1.165, 1.54) is 10.9 Å². The number of aromatic nitrogens is 1. The molecule has 6 nitrogen and oxygen atoms in total. The van der Waals surface area contributed by atoms with Gasteiger partial charge in [0.1, 0.15) is 0 Å². The number of rotatable bonds is 7. The first kappa shape index (κ1) is 16.5. The molecule has 1 aliphatic rings. The van der Waals surface area contributed by atoms with Crippen LogP contribution in [0.1, 0.15) is 12.0 Å². The lowest BCUT2D eigenvalue weighted by Gasteiger charge is -2.15. The molecule has 1 aromatic heterocycles. The van der Waals surface area contributed by atoms with E-state index in [2.05, 4.69) is 16.4 Å². The molecule has 1 saturated heterocycles. The van der Waals surface area contributed by atoms with Gasteiger partial charge < -0.3 is 19.9 Å². The molecule has 2 amide bonds. The van der Waals surface area contributed by atoms with Crippen molar-refractivity contribution in [3.8, 4) is 0 Å². The Morgan fingerprint density at radius 2 is 2.25 bits per heavy atom. The molecule has 2 heterocycles. The molecule has 0 radical (unpaired) electrons. The molecule has 1 aromatic carbocycles. The van der Waals surface area contributed by atoms with Crippen LogP contribution in [0.15, 0.2) is 30.5 Å². The summed E-state index contributed by atoms with van der Waals surface area (Å²) in [6, 6.07) is 8.12. The number of carbonyl (C=O) groups is 2. The number of amides is 2. The van der Waals surface area contributed by atoms with Crippen LogP contribution >= 0.6 is 0 Å². The first-order valence-electron chi connectivity index (χ1n) is 8.28. The molecule has 0 bridgehead atoms. The fourth-order valence-electron chi connectivity index (χ4n) is 3.17. The van der Waals surface area contributed by atoms with E-state index >= 15 is 0 Å². The van der Waals surface area contributed by atoms with Crippen LogP contribution in [-0.2, 0) is 20.7 Å². The zero-order valence-electron chi connectivity index (χ0n) is 13.9. The molecule has 2 aromatic rings. The highest BCUT2D eigenvalue weighted by Crippen LogP contribution is 2.19. The fourth-order valence-corrected chi connectivity index (χ4v) is 3.17. The number of H-pyrrole nitrogens is 1. The summed E-state index contributed by atoms with van der Waals surface area (Å²) in [6.45, 7) is 2.11. The van der Waals surface area contributed by atoms with Gasteiger partial charge in [0.05, 0.1) is 12.5 Å². The van der Waals surface area contributed by atoms with Crippen LogP contribution in [0.25, 0.3) is 10.9 Å². The Morgan fingerprint density at radius 3 is 3.08 bits per heavy atom. The maximum absolute atomic E-state index is 12.3. The van der Waals surface area contributed by atoms with Crippen molar-refractivity contribution in [2.75, 3.05) is 33.4 Å². The van der Waals surface area contributed by atoms with Crippen molar-refractivity contribution in [1.82, 2.24) is 15.2 Å². The van der Waals surface area contributed by atoms with Gasteiger partial charge in [-0.1, -0.05) is 18.2 Å². The number of benzene rings is 1. The quantitative estimate of drug-likeness (QED) is 0.804. The maximum atomic E-state index is 12.3. The highest BCUT2D eigenvalue weighted by molar-refractivity contribution is 5.89. The van der Waals surface area contributed by atoms with E-state index in [4.69, 9.17) is 4.74 Å². The molecule has 1 unspecified atom stereocenters. The van der Waals surface area contributed by atoms with Crippen molar-refractivity contribution in [2.24, 2.45) is 5.92 Å². The lowest BCUT2D eigenvalue weighted by atomic mass is 10.1. The highest BCUT2D eigenvalue weighted by Gasteiger charge is 2.33. The number of carbonyl (C=O) groups excluding carboxylic acids is 2. The monoisotopic (exact) mass is 329 g/mol. The smallest absolute Gasteiger partial charge is 0.225 e. The van der Waals surface area contributed by atoms with Crippen molar-refractivity contribution in [3.05, 3.63) is 36.0 Å². The number of likely N-dealkylation sites (tertiary alicyclic amines) is 1. The van der Waals surface area contributed by atoms with E-state index in [9.17, 15) is 9.59 Å². The van der Waals surface area contributed by atoms with Crippen molar-refractivity contribution in [1.29, 1.82) is 0 Å². The van der Waals surface area contributed by atoms with E-state index in [-0.39, 0.29) is 17.7 Å². The van der Waals surface area contributed by atoms with Crippen LogP contribution in [0.3, 0.4) is 0 Å². The largest absolute Gasteiger partial charge is 0.383 e. The van der Waals surface area contributed by atoms with Crippen molar-refractivity contribution >= 4 is 22.7 Å². The number of nitrogens with zero attached hydrogens (tertiary/aromatic N) is 1. The maximum Gasteiger partial charge on any atom is 0.225 e. The van der Waals surface area contributed by atoms with Gasteiger partial charge >= 0.3 is 0 Å². The van der Waals surface area contributed by atoms with E-state index in [0.29, 0.717) is 32.7 Å². The van der Waals surface area contributed by atoms with Gasteiger partial charge in [0.25, 0.3) is 0 Å². The van der Waals surface area contributed by atoms with Crippen LogP contribution in [0, 0.1) is 5.92 Å². The summed E-state index contributed by atoms with van der Waals surface area (Å²) in [5.74, 6) is -0.260. The zero-order chi connectivity index (χ0) is 16.9. The molecule has 2 N–H and O–H groups in total. The Labute approximate surface area is 141 Å². The first-order chi connectivity index (χ1) is 11.7. The number of aromatic amines is 1. The van der Waals surface area contributed by atoms with Gasteiger partial charge in [0, 0.05) is 50.3 Å². The second kappa shape index (κ2) is 7.49. The average Bonchev–Trinajstić information content (AvgIpc) is 3.17. The van der Waals surface area contributed by atoms with E-state index in [0.717, 1.165) is 11.9 Å². The summed E-state index contributed by atoms with van der Waals surface area (Å²) in [4.78, 5) is 29.1. The molecule has 0 spiro atoms. The summed E-state index contributed by atoms with van der Waals surface area (Å²) >= 11 is 0. The second-order valence-corrected chi connectivity index (χ2v) is 6.13. The van der Waals surface area contributed by atoms with Gasteiger partial charge in [-0.15, -0.1) is 0 Å². The third kappa shape index (κ3) is 3.59. The number of para-hydroxylation sites is 1. The van der Waals surface area contributed by atoms with Gasteiger partial charge in [-0.25, -0.2) is 0 Å². The molecule has 1 aliphatic heterocycles. The second-order valence-electron chi connectivity index (χ2n) is 6.13. The number of fused-ring (bicyclic) bond motifs is 1. The number of ether oxygens (including phenoxy) is 1. The standard InChI is InChI=1S/C18H23N3O3/c1-24-9-8-21-12-14(10-17(21)22)18(23)19-7-6-13-11-20-16-5-3-2-4-15(13)16/h2-5,11,14,20H,6-10,12H2,1H3,(H,19,23). The molecular weight excluding hydrogens is 306 g/mol. The van der Waals surface area contributed by atoms with Gasteiger partial charge in [0.15, 0.2) is 0 Å². The predicted octanol–water partition coefficient (Wildman–Crippen LogP) is 1.32. The summed E-state index contributed by atoms with van der Waals surface area (Å²) in [5, 5.41) is 4.15. The number of nitrogens with one attached hydrogen (secondary N) is 2. The minimum absolute atomic E-state index is 0.0313. The Kier molecular flexibility index (Phi) is 5.15. The van der Waals surface area contributed by atoms with E-state index in [1.54, 1.807) is 12.0 Å². The molecule has 128 valence electrons. The molecule has 6 heteroatoms. The van der Waals surface area contributed by atoms with Crippen LogP contribution in [0.5, 0.6) is 0 Å². The third-order valence-electron chi connectivity index (χ3n) is 4.52. The van der Waals surface area contributed by atoms with Gasteiger partial charge in [0.2, 0.25) is 11.8 Å². The van der Waals surface area contributed by atoms with Gasteiger partial charge in [-0.05, 0) is 18.1 Å².